The van der Waals surface area contributed by atoms with Crippen LogP contribution >= 0.6 is 0 Å². The third kappa shape index (κ3) is 4.94. The van der Waals surface area contributed by atoms with Crippen molar-refractivity contribution < 1.29 is 14.7 Å². The second-order valence-corrected chi connectivity index (χ2v) is 5.57. The Morgan fingerprint density at radius 2 is 1.56 bits per heavy atom. The third-order valence-electron chi connectivity index (χ3n) is 3.40. The number of rotatable bonds is 3. The first kappa shape index (κ1) is 14.8. The lowest BCUT2D eigenvalue weighted by Gasteiger charge is -2.25. The zero-order valence-electron chi connectivity index (χ0n) is 11.3. The Bertz CT molecular complexity index is 295. The minimum Gasteiger partial charge on any atom is -0.480 e. The molecule has 0 aromatic heterocycles. The van der Waals surface area contributed by atoms with Crippen molar-refractivity contribution in [3.8, 4) is 0 Å². The molecular weight excluding hydrogens is 232 g/mol. The summed E-state index contributed by atoms with van der Waals surface area (Å²) in [6, 6.07) is -0.206. The number of hydrogen-bond acceptors (Lipinski definition) is 2. The molecule has 5 heteroatoms. The van der Waals surface area contributed by atoms with Gasteiger partial charge in [-0.3, -0.25) is 0 Å². The van der Waals surface area contributed by atoms with Crippen LogP contribution in [0, 0.1) is 0 Å². The van der Waals surface area contributed by atoms with Crippen molar-refractivity contribution in [3.63, 3.8) is 0 Å². The van der Waals surface area contributed by atoms with E-state index in [9.17, 15) is 9.59 Å². The van der Waals surface area contributed by atoms with Gasteiger partial charge in [-0.1, -0.05) is 32.1 Å². The molecule has 104 valence electrons. The smallest absolute Gasteiger partial charge is 0.328 e. The summed E-state index contributed by atoms with van der Waals surface area (Å²) in [4.78, 5) is 22.7. The van der Waals surface area contributed by atoms with Crippen LogP contribution in [-0.4, -0.2) is 28.7 Å². The van der Waals surface area contributed by atoms with Gasteiger partial charge in [0.2, 0.25) is 0 Å². The number of carbonyl (C=O) groups is 2. The van der Waals surface area contributed by atoms with Gasteiger partial charge in [-0.2, -0.15) is 0 Å². The fraction of sp³-hybridized carbons (Fsp3) is 0.846. The van der Waals surface area contributed by atoms with Gasteiger partial charge in [0.15, 0.2) is 0 Å². The van der Waals surface area contributed by atoms with E-state index in [0.29, 0.717) is 0 Å². The Balaban J connectivity index is 2.40. The highest BCUT2D eigenvalue weighted by molar-refractivity contribution is 5.85. The molecule has 0 radical (unpaired) electrons. The molecule has 1 saturated carbocycles. The maximum absolute atomic E-state index is 11.7. The molecular formula is C13H24N2O3. The number of carboxylic acids is 1. The normalized spacial score (nSPS) is 18.6. The maximum Gasteiger partial charge on any atom is 0.328 e. The number of nitrogens with one attached hydrogen (secondary N) is 2. The molecule has 0 spiro atoms. The average molecular weight is 256 g/mol. The molecule has 1 rings (SSSR count). The van der Waals surface area contributed by atoms with Crippen LogP contribution in [0.25, 0.3) is 0 Å². The van der Waals surface area contributed by atoms with Crippen LogP contribution in [0.5, 0.6) is 0 Å². The fourth-order valence-corrected chi connectivity index (χ4v) is 2.16. The summed E-state index contributed by atoms with van der Waals surface area (Å²) < 4.78 is 0. The van der Waals surface area contributed by atoms with Crippen molar-refractivity contribution in [2.24, 2.45) is 0 Å². The van der Waals surface area contributed by atoms with Gasteiger partial charge in [0.05, 0.1) is 0 Å². The number of aliphatic carboxylic acids is 1. The van der Waals surface area contributed by atoms with E-state index in [0.717, 1.165) is 25.7 Å². The third-order valence-corrected chi connectivity index (χ3v) is 3.40. The molecule has 0 aliphatic heterocycles. The quantitative estimate of drug-likeness (QED) is 0.724. The first-order valence-electron chi connectivity index (χ1n) is 6.74. The van der Waals surface area contributed by atoms with E-state index in [1.807, 2.05) is 0 Å². The van der Waals surface area contributed by atoms with Gasteiger partial charge in [-0.25, -0.2) is 9.59 Å². The Kier molecular flexibility index (Phi) is 5.44. The Morgan fingerprint density at radius 1 is 1.06 bits per heavy atom. The summed E-state index contributed by atoms with van der Waals surface area (Å²) in [7, 11) is 0. The van der Waals surface area contributed by atoms with Crippen LogP contribution in [0.2, 0.25) is 0 Å². The van der Waals surface area contributed by atoms with Crippen LogP contribution in [0.3, 0.4) is 0 Å². The maximum atomic E-state index is 11.7. The largest absolute Gasteiger partial charge is 0.480 e. The molecule has 18 heavy (non-hydrogen) atoms. The standard InChI is InChI=1S/C13H24N2O3/c1-13(2,11(16)17)15-12(18)14-10-8-6-4-3-5-7-9-10/h10H,3-9H2,1-2H3,(H,16,17)(H2,14,15,18). The second-order valence-electron chi connectivity index (χ2n) is 5.57. The lowest BCUT2D eigenvalue weighted by atomic mass is 9.97. The molecule has 0 unspecified atom stereocenters. The van der Waals surface area contributed by atoms with E-state index in [4.69, 9.17) is 5.11 Å². The molecule has 0 saturated heterocycles. The van der Waals surface area contributed by atoms with Gasteiger partial charge >= 0.3 is 12.0 Å². The minimum absolute atomic E-state index is 0.176. The molecule has 1 fully saturated rings. The number of hydrogen-bond donors (Lipinski definition) is 3. The molecule has 0 aromatic rings. The van der Waals surface area contributed by atoms with E-state index >= 15 is 0 Å². The van der Waals surface area contributed by atoms with Crippen molar-refractivity contribution in [1.82, 2.24) is 10.6 Å². The summed E-state index contributed by atoms with van der Waals surface area (Å²) in [5.41, 5.74) is -1.23. The van der Waals surface area contributed by atoms with Crippen LogP contribution in [0.15, 0.2) is 0 Å². The van der Waals surface area contributed by atoms with E-state index < -0.39 is 11.5 Å². The molecule has 1 aliphatic rings. The predicted octanol–water partition coefficient (Wildman–Crippen LogP) is 2.26. The number of urea groups is 1. The van der Waals surface area contributed by atoms with Crippen LogP contribution in [0.1, 0.15) is 58.8 Å². The Labute approximate surface area is 108 Å². The summed E-state index contributed by atoms with van der Waals surface area (Å²) >= 11 is 0. The van der Waals surface area contributed by atoms with E-state index in [1.54, 1.807) is 0 Å². The van der Waals surface area contributed by atoms with E-state index in [-0.39, 0.29) is 12.1 Å². The molecule has 2 amide bonds. The average Bonchev–Trinajstić information content (AvgIpc) is 2.20. The van der Waals surface area contributed by atoms with Gasteiger partial charge in [0.25, 0.3) is 0 Å². The molecule has 1 aliphatic carbocycles. The summed E-state index contributed by atoms with van der Waals surface area (Å²) in [6.45, 7) is 2.96. The monoisotopic (exact) mass is 256 g/mol. The van der Waals surface area contributed by atoms with E-state index in [1.165, 1.54) is 33.1 Å². The summed E-state index contributed by atoms with van der Waals surface area (Å²) in [6.07, 6.45) is 7.97. The molecule has 0 aromatic carbocycles. The first-order valence-corrected chi connectivity index (χ1v) is 6.74. The van der Waals surface area contributed by atoms with Crippen molar-refractivity contribution >= 4 is 12.0 Å². The topological polar surface area (TPSA) is 78.4 Å². The van der Waals surface area contributed by atoms with Crippen molar-refractivity contribution in [3.05, 3.63) is 0 Å². The van der Waals surface area contributed by atoms with Gasteiger partial charge in [0, 0.05) is 6.04 Å². The lowest BCUT2D eigenvalue weighted by molar-refractivity contribution is -0.142. The Morgan fingerprint density at radius 3 is 2.06 bits per heavy atom. The second kappa shape index (κ2) is 6.61. The molecule has 0 heterocycles. The predicted molar refractivity (Wildman–Crippen MR) is 69.5 cm³/mol. The molecule has 3 N–H and O–H groups in total. The highest BCUT2D eigenvalue weighted by atomic mass is 16.4. The highest BCUT2D eigenvalue weighted by Crippen LogP contribution is 2.17. The SMILES string of the molecule is CC(C)(NC(=O)NC1CCCCCCC1)C(=O)O. The zero-order chi connectivity index (χ0) is 13.6. The van der Waals surface area contributed by atoms with Crippen LogP contribution in [0.4, 0.5) is 4.79 Å². The number of carbonyl (C=O) groups excluding carboxylic acids is 1. The van der Waals surface area contributed by atoms with Crippen molar-refractivity contribution in [2.75, 3.05) is 0 Å². The number of carboxylic acid groups (broad SMARTS) is 1. The van der Waals surface area contributed by atoms with Crippen LogP contribution < -0.4 is 10.6 Å². The molecule has 5 nitrogen and oxygen atoms in total. The van der Waals surface area contributed by atoms with Gasteiger partial charge in [-0.15, -0.1) is 0 Å². The van der Waals surface area contributed by atoms with Crippen molar-refractivity contribution in [2.45, 2.75) is 70.4 Å². The minimum atomic E-state index is -1.23. The fourth-order valence-electron chi connectivity index (χ4n) is 2.16. The van der Waals surface area contributed by atoms with Gasteiger partial charge in [-0.05, 0) is 26.7 Å². The highest BCUT2D eigenvalue weighted by Gasteiger charge is 2.29. The first-order chi connectivity index (χ1) is 8.42. The number of amides is 2. The van der Waals surface area contributed by atoms with E-state index in [2.05, 4.69) is 10.6 Å². The zero-order valence-corrected chi connectivity index (χ0v) is 11.3. The summed E-state index contributed by atoms with van der Waals surface area (Å²) in [5, 5.41) is 14.3. The van der Waals surface area contributed by atoms with Gasteiger partial charge < -0.3 is 15.7 Å². The molecule has 0 atom stereocenters. The Hall–Kier alpha value is -1.26. The lowest BCUT2D eigenvalue weighted by Crippen LogP contribution is -2.54. The summed E-state index contributed by atoms with van der Waals surface area (Å²) in [5.74, 6) is -1.03. The van der Waals surface area contributed by atoms with Crippen molar-refractivity contribution in [1.29, 1.82) is 0 Å². The molecule has 0 bridgehead atoms. The van der Waals surface area contributed by atoms with Gasteiger partial charge in [0.1, 0.15) is 5.54 Å². The van der Waals surface area contributed by atoms with Crippen LogP contribution in [-0.2, 0) is 4.79 Å².